The van der Waals surface area contributed by atoms with Crippen LogP contribution in [0.1, 0.15) is 77.6 Å². The molecule has 1 atom stereocenters. The molecule has 0 heterocycles. The molecule has 0 aliphatic heterocycles. The van der Waals surface area contributed by atoms with Crippen molar-refractivity contribution in [3.63, 3.8) is 0 Å². The third-order valence-corrected chi connectivity index (χ3v) is 4.62. The largest absolute Gasteiger partial charge is 0.480 e. The van der Waals surface area contributed by atoms with Gasteiger partial charge in [-0.1, -0.05) is 57.8 Å². The van der Waals surface area contributed by atoms with E-state index in [-0.39, 0.29) is 6.04 Å². The standard InChI is InChI=1S/C16H31NO2/c1-14(16(18)19)17(2)15-12-10-8-6-4-3-5-7-9-11-13-15/h14-15H,3-13H2,1-2H3,(H,18,19). The molecule has 0 bridgehead atoms. The number of carboxylic acid groups (broad SMARTS) is 1. The van der Waals surface area contributed by atoms with Crippen LogP contribution in [0.3, 0.4) is 0 Å². The van der Waals surface area contributed by atoms with Crippen LogP contribution in [0.25, 0.3) is 0 Å². The molecule has 0 amide bonds. The monoisotopic (exact) mass is 269 g/mol. The van der Waals surface area contributed by atoms with E-state index in [2.05, 4.69) is 4.90 Å². The first kappa shape index (κ1) is 16.5. The molecule has 1 rings (SSSR count). The van der Waals surface area contributed by atoms with Crippen molar-refractivity contribution in [1.29, 1.82) is 0 Å². The molecule has 19 heavy (non-hydrogen) atoms. The summed E-state index contributed by atoms with van der Waals surface area (Å²) in [7, 11) is 1.98. The van der Waals surface area contributed by atoms with Gasteiger partial charge in [0.05, 0.1) is 0 Å². The summed E-state index contributed by atoms with van der Waals surface area (Å²) in [5, 5.41) is 9.15. The van der Waals surface area contributed by atoms with Crippen molar-refractivity contribution in [2.24, 2.45) is 0 Å². The van der Waals surface area contributed by atoms with Gasteiger partial charge in [0.2, 0.25) is 0 Å². The maximum absolute atomic E-state index is 11.1. The minimum absolute atomic E-state index is 0.363. The van der Waals surface area contributed by atoms with E-state index < -0.39 is 5.97 Å². The topological polar surface area (TPSA) is 40.5 Å². The molecule has 3 nitrogen and oxygen atoms in total. The molecule has 0 spiro atoms. The quantitative estimate of drug-likeness (QED) is 0.839. The fourth-order valence-electron chi connectivity index (χ4n) is 3.04. The Morgan fingerprint density at radius 3 is 1.68 bits per heavy atom. The summed E-state index contributed by atoms with van der Waals surface area (Å²) >= 11 is 0. The van der Waals surface area contributed by atoms with Crippen molar-refractivity contribution >= 4 is 5.97 Å². The van der Waals surface area contributed by atoms with Crippen LogP contribution in [0.2, 0.25) is 0 Å². The summed E-state index contributed by atoms with van der Waals surface area (Å²) < 4.78 is 0. The third kappa shape index (κ3) is 6.42. The first-order valence-corrected chi connectivity index (χ1v) is 8.07. The molecule has 0 radical (unpaired) electrons. The van der Waals surface area contributed by atoms with Gasteiger partial charge in [0.1, 0.15) is 6.04 Å². The van der Waals surface area contributed by atoms with Crippen LogP contribution in [0.4, 0.5) is 0 Å². The van der Waals surface area contributed by atoms with Crippen molar-refractivity contribution in [2.75, 3.05) is 7.05 Å². The van der Waals surface area contributed by atoms with Gasteiger partial charge in [-0.05, 0) is 26.8 Å². The van der Waals surface area contributed by atoms with Crippen LogP contribution in [0, 0.1) is 0 Å². The first-order valence-electron chi connectivity index (χ1n) is 8.07. The predicted octanol–water partition coefficient (Wildman–Crippen LogP) is 4.06. The molecule has 1 N–H and O–H groups in total. The number of rotatable bonds is 3. The number of carbonyl (C=O) groups is 1. The molecule has 1 unspecified atom stereocenters. The highest BCUT2D eigenvalue weighted by atomic mass is 16.4. The molecule has 1 aliphatic rings. The van der Waals surface area contributed by atoms with Gasteiger partial charge in [0, 0.05) is 6.04 Å². The number of hydrogen-bond donors (Lipinski definition) is 1. The number of hydrogen-bond acceptors (Lipinski definition) is 2. The maximum Gasteiger partial charge on any atom is 0.320 e. The lowest BCUT2D eigenvalue weighted by Gasteiger charge is -2.31. The Labute approximate surface area is 118 Å². The smallest absolute Gasteiger partial charge is 0.320 e. The van der Waals surface area contributed by atoms with Crippen LogP contribution in [0.15, 0.2) is 0 Å². The van der Waals surface area contributed by atoms with Gasteiger partial charge in [-0.2, -0.15) is 0 Å². The van der Waals surface area contributed by atoms with Crippen molar-refractivity contribution in [3.8, 4) is 0 Å². The fourth-order valence-corrected chi connectivity index (χ4v) is 3.04. The molecule has 1 saturated carbocycles. The highest BCUT2D eigenvalue weighted by Crippen LogP contribution is 2.21. The summed E-state index contributed by atoms with van der Waals surface area (Å²) in [6, 6.07) is 0.0865. The van der Waals surface area contributed by atoms with Crippen molar-refractivity contribution in [3.05, 3.63) is 0 Å². The summed E-state index contributed by atoms with van der Waals surface area (Å²) in [6.45, 7) is 1.80. The molecule has 0 aromatic carbocycles. The summed E-state index contributed by atoms with van der Waals surface area (Å²) in [4.78, 5) is 13.2. The SMILES string of the molecule is CC(C(=O)O)N(C)C1CCCCCCCCCCC1. The van der Waals surface area contributed by atoms with Crippen molar-refractivity contribution < 1.29 is 9.90 Å². The summed E-state index contributed by atoms with van der Waals surface area (Å²) in [5.74, 6) is -0.700. The number of nitrogens with zero attached hydrogens (tertiary/aromatic N) is 1. The molecule has 0 saturated heterocycles. The Morgan fingerprint density at radius 2 is 1.32 bits per heavy atom. The average molecular weight is 269 g/mol. The fraction of sp³-hybridized carbons (Fsp3) is 0.938. The van der Waals surface area contributed by atoms with Crippen LogP contribution < -0.4 is 0 Å². The van der Waals surface area contributed by atoms with Gasteiger partial charge < -0.3 is 5.11 Å². The lowest BCUT2D eigenvalue weighted by molar-refractivity contribution is -0.143. The Morgan fingerprint density at radius 1 is 0.947 bits per heavy atom. The van der Waals surface area contributed by atoms with Crippen LogP contribution >= 0.6 is 0 Å². The number of likely N-dealkylation sites (N-methyl/N-ethyl adjacent to an activating group) is 1. The van der Waals surface area contributed by atoms with E-state index in [9.17, 15) is 4.79 Å². The average Bonchev–Trinajstić information content (AvgIpc) is 2.37. The van der Waals surface area contributed by atoms with Crippen molar-refractivity contribution in [2.45, 2.75) is 89.6 Å². The Kier molecular flexibility index (Phi) is 8.11. The van der Waals surface area contributed by atoms with Gasteiger partial charge >= 0.3 is 5.97 Å². The van der Waals surface area contributed by atoms with E-state index in [4.69, 9.17) is 5.11 Å². The molecule has 1 aliphatic carbocycles. The minimum atomic E-state index is -0.700. The van der Waals surface area contributed by atoms with Gasteiger partial charge in [-0.25, -0.2) is 0 Å². The van der Waals surface area contributed by atoms with Crippen molar-refractivity contribution in [1.82, 2.24) is 4.90 Å². The second-order valence-corrected chi connectivity index (χ2v) is 6.09. The van der Waals surface area contributed by atoms with Gasteiger partial charge in [0.25, 0.3) is 0 Å². The summed E-state index contributed by atoms with van der Waals surface area (Å²) in [5.41, 5.74) is 0. The highest BCUT2D eigenvalue weighted by molar-refractivity contribution is 5.72. The molecule has 0 aromatic heterocycles. The zero-order valence-electron chi connectivity index (χ0n) is 12.7. The minimum Gasteiger partial charge on any atom is -0.480 e. The van der Waals surface area contributed by atoms with E-state index in [1.165, 1.54) is 57.8 Å². The molecule has 3 heteroatoms. The van der Waals surface area contributed by atoms with Gasteiger partial charge in [-0.3, -0.25) is 9.69 Å². The van der Waals surface area contributed by atoms with E-state index in [1.807, 2.05) is 7.05 Å². The second kappa shape index (κ2) is 9.35. The highest BCUT2D eigenvalue weighted by Gasteiger charge is 2.23. The molecule has 0 aromatic rings. The Bertz CT molecular complexity index is 243. The van der Waals surface area contributed by atoms with E-state index in [1.54, 1.807) is 6.92 Å². The lowest BCUT2D eigenvalue weighted by Crippen LogP contribution is -2.43. The van der Waals surface area contributed by atoms with E-state index in [0.717, 1.165) is 12.8 Å². The van der Waals surface area contributed by atoms with Crippen LogP contribution in [0.5, 0.6) is 0 Å². The first-order chi connectivity index (χ1) is 9.13. The second-order valence-electron chi connectivity index (χ2n) is 6.09. The third-order valence-electron chi connectivity index (χ3n) is 4.62. The predicted molar refractivity (Wildman–Crippen MR) is 79.4 cm³/mol. The van der Waals surface area contributed by atoms with Gasteiger partial charge in [0.15, 0.2) is 0 Å². The normalized spacial score (nSPS) is 22.5. The zero-order chi connectivity index (χ0) is 14.1. The number of aliphatic carboxylic acids is 1. The molecular weight excluding hydrogens is 238 g/mol. The van der Waals surface area contributed by atoms with Crippen LogP contribution in [-0.2, 0) is 4.79 Å². The van der Waals surface area contributed by atoms with E-state index >= 15 is 0 Å². The van der Waals surface area contributed by atoms with Crippen LogP contribution in [-0.4, -0.2) is 35.1 Å². The van der Waals surface area contributed by atoms with Gasteiger partial charge in [-0.15, -0.1) is 0 Å². The Hall–Kier alpha value is -0.570. The maximum atomic E-state index is 11.1. The Balaban J connectivity index is 2.48. The molecular formula is C16H31NO2. The summed E-state index contributed by atoms with van der Waals surface area (Å²) in [6.07, 6.45) is 14.3. The zero-order valence-corrected chi connectivity index (χ0v) is 12.7. The molecule has 112 valence electrons. The number of carboxylic acids is 1. The molecule has 1 fully saturated rings. The van der Waals surface area contributed by atoms with E-state index in [0.29, 0.717) is 6.04 Å². The lowest BCUT2D eigenvalue weighted by atomic mass is 9.96.